The molecule has 2 fully saturated rings. The summed E-state index contributed by atoms with van der Waals surface area (Å²) in [5.74, 6) is -8.84. The monoisotopic (exact) mass is 1430 g/mol. The third-order valence-corrected chi connectivity index (χ3v) is 16.0. The largest absolute Gasteiger partial charge is 0.390 e. The highest BCUT2D eigenvalue weighted by atomic mass is 79.9. The fourth-order valence-electron chi connectivity index (χ4n) is 9.48. The number of benzene rings is 3. The fraction of sp³-hybridized carbons (Fsp3) is 0.371. The molecule has 0 radical (unpaired) electrons. The van der Waals surface area contributed by atoms with Crippen LogP contribution in [-0.4, -0.2) is 131 Å². The second-order valence-electron chi connectivity index (χ2n) is 21.4. The van der Waals surface area contributed by atoms with Gasteiger partial charge in [0.15, 0.2) is 0 Å². The summed E-state index contributed by atoms with van der Waals surface area (Å²) in [7, 11) is 4.84. The molecule has 2 saturated heterocycles. The predicted octanol–water partition coefficient (Wildman–Crippen LogP) is 7.55. The summed E-state index contributed by atoms with van der Waals surface area (Å²) >= 11 is 6.32. The van der Waals surface area contributed by atoms with E-state index in [1.807, 2.05) is 11.8 Å². The van der Waals surface area contributed by atoms with Crippen molar-refractivity contribution in [3.8, 4) is 0 Å². The molecule has 0 spiro atoms. The van der Waals surface area contributed by atoms with E-state index in [1.54, 1.807) is 65.3 Å². The zero-order valence-corrected chi connectivity index (χ0v) is 54.5. The van der Waals surface area contributed by atoms with Crippen LogP contribution in [0.15, 0.2) is 138 Å². The van der Waals surface area contributed by atoms with Crippen LogP contribution in [0.3, 0.4) is 0 Å². The number of aromatic amines is 1. The summed E-state index contributed by atoms with van der Waals surface area (Å²) in [6.45, 7) is 7.80. The van der Waals surface area contributed by atoms with Gasteiger partial charge in [-0.05, 0) is 106 Å². The number of aromatic nitrogens is 9. The summed E-state index contributed by atoms with van der Waals surface area (Å²) < 4.78 is 96.8. The van der Waals surface area contributed by atoms with Crippen LogP contribution < -0.4 is 48.8 Å². The van der Waals surface area contributed by atoms with Gasteiger partial charge in [0.25, 0.3) is 40.0 Å². The van der Waals surface area contributed by atoms with Crippen LogP contribution >= 0.6 is 31.9 Å². The number of nitrogens with two attached hydrogens (primary N) is 1. The van der Waals surface area contributed by atoms with Crippen LogP contribution in [0.1, 0.15) is 72.3 Å². The number of fused-ring (bicyclic) bond motifs is 3. The number of anilines is 3. The molecule has 31 heteroatoms. The average molecular weight is 1430 g/mol. The first-order chi connectivity index (χ1) is 44.1. The lowest BCUT2D eigenvalue weighted by Gasteiger charge is -2.28. The number of aliphatic hydroxyl groups excluding tert-OH is 3. The molecule has 0 bridgehead atoms. The number of nitrogens with one attached hydrogen (secondary N) is 4. The van der Waals surface area contributed by atoms with Crippen molar-refractivity contribution in [2.45, 2.75) is 56.7 Å². The minimum absolute atomic E-state index is 0.156. The second-order valence-corrected chi connectivity index (χ2v) is 23.1. The lowest BCUT2D eigenvalue weighted by Crippen LogP contribution is -2.40. The van der Waals surface area contributed by atoms with Crippen LogP contribution in [0.2, 0.25) is 0 Å². The molecule has 3 aromatic carbocycles. The third-order valence-electron chi connectivity index (χ3n) is 14.9. The van der Waals surface area contributed by atoms with Crippen molar-refractivity contribution in [2.75, 3.05) is 88.0 Å². The molecule has 93 heavy (non-hydrogen) atoms. The Labute approximate surface area is 545 Å². The van der Waals surface area contributed by atoms with Gasteiger partial charge >= 0.3 is 0 Å². The van der Waals surface area contributed by atoms with Gasteiger partial charge in [-0.3, -0.25) is 32.9 Å². The van der Waals surface area contributed by atoms with Crippen molar-refractivity contribution >= 4 is 82.3 Å². The van der Waals surface area contributed by atoms with Crippen LogP contribution in [0.4, 0.5) is 43.7 Å². The molecule has 2 aliphatic heterocycles. The van der Waals surface area contributed by atoms with E-state index >= 15 is 0 Å². The van der Waals surface area contributed by atoms with Gasteiger partial charge in [0.05, 0.1) is 57.9 Å². The Morgan fingerprint density at radius 1 is 0.559 bits per heavy atom. The Bertz CT molecular complexity index is 4270. The van der Waals surface area contributed by atoms with Crippen LogP contribution in [-0.2, 0) is 48.4 Å². The number of hydrogen-bond donors (Lipinski definition) is 8. The Morgan fingerprint density at radius 3 is 1.38 bits per heavy atom. The zero-order chi connectivity index (χ0) is 68.0. The Morgan fingerprint density at radius 2 is 0.957 bits per heavy atom. The number of halogens is 8. The van der Waals surface area contributed by atoms with Gasteiger partial charge in [0.2, 0.25) is 0 Å². The molecule has 3 atom stereocenters. The molecular weight excluding hydrogens is 1360 g/mol. The van der Waals surface area contributed by atoms with E-state index in [0.29, 0.717) is 102 Å². The first-order valence-electron chi connectivity index (χ1n) is 28.9. The lowest BCUT2D eigenvalue weighted by atomic mass is 10.0. The summed E-state index contributed by atoms with van der Waals surface area (Å²) in [4.78, 5) is 73.1. The van der Waals surface area contributed by atoms with Crippen molar-refractivity contribution in [3.63, 3.8) is 0 Å². The maximum Gasteiger partial charge on any atom is 0.295 e. The maximum absolute atomic E-state index is 13.9. The quantitative estimate of drug-likeness (QED) is 0.0487. The molecule has 0 unspecified atom stereocenters. The molecule has 2 aliphatic rings. The Kier molecular flexibility index (Phi) is 25.1. The number of pyridine rings is 3. The molecule has 23 nitrogen and oxygen atoms in total. The van der Waals surface area contributed by atoms with E-state index in [-0.39, 0.29) is 57.1 Å². The van der Waals surface area contributed by atoms with Crippen molar-refractivity contribution < 1.29 is 51.1 Å². The molecule has 9 N–H and O–H groups in total. The molecule has 498 valence electrons. The smallest absolute Gasteiger partial charge is 0.295 e. The number of morpholine rings is 2. The molecular formula is C62H70Br2F6N14O9. The zero-order valence-electron chi connectivity index (χ0n) is 51.3. The van der Waals surface area contributed by atoms with E-state index in [1.165, 1.54) is 93.3 Å². The number of alkyl halides is 6. The summed E-state index contributed by atoms with van der Waals surface area (Å²) in [5, 5.41) is 37.6. The number of rotatable bonds is 14. The van der Waals surface area contributed by atoms with Crippen molar-refractivity contribution in [1.82, 2.24) is 48.9 Å². The number of ether oxygens (including phenoxy) is 2. The fourth-order valence-corrected chi connectivity index (χ4v) is 10.5. The van der Waals surface area contributed by atoms with E-state index in [2.05, 4.69) is 77.7 Å². The topological polar surface area (TPSA) is 308 Å². The lowest BCUT2D eigenvalue weighted by molar-refractivity contribution is -0.0558. The van der Waals surface area contributed by atoms with Gasteiger partial charge in [0.1, 0.15) is 66.7 Å². The van der Waals surface area contributed by atoms with Gasteiger partial charge in [0, 0.05) is 82.1 Å². The van der Waals surface area contributed by atoms with Crippen molar-refractivity contribution in [1.29, 1.82) is 0 Å². The van der Waals surface area contributed by atoms with E-state index in [4.69, 9.17) is 30.5 Å². The molecule has 0 saturated carbocycles. The molecule has 0 amide bonds. The van der Waals surface area contributed by atoms with Crippen LogP contribution in [0.25, 0.3) is 33.1 Å². The van der Waals surface area contributed by atoms with Gasteiger partial charge in [-0.15, -0.1) is 0 Å². The van der Waals surface area contributed by atoms with Gasteiger partial charge in [-0.2, -0.15) is 26.3 Å². The number of nitrogens with zero attached hydrogens (tertiary/aromatic N) is 9. The van der Waals surface area contributed by atoms with Crippen LogP contribution in [0.5, 0.6) is 0 Å². The maximum atomic E-state index is 13.9. The Balaban J connectivity index is 0.000000179. The van der Waals surface area contributed by atoms with Crippen molar-refractivity contribution in [3.05, 3.63) is 194 Å². The SMILES string of the molecule is C1COCCN1.C[C@@H](N)c1cccc(C(F)(F)CO)c1.C[C@@H](Nc1ncnc2c1cc(Br)c(=O)n2C)c1cccc(C(F)(F)CO)c1.C[C@@H](Nc1ncnc2c1cc(N1CCOCC1)c(=O)n2C)c1cccc(C(F)(F)CO)c1.Cn1c(=O)c(Br)cc2c(=O)[nH]cnc21. The van der Waals surface area contributed by atoms with Crippen LogP contribution in [0, 0.1) is 0 Å². The van der Waals surface area contributed by atoms with Gasteiger partial charge in [-0.25, -0.2) is 24.9 Å². The number of aryl methyl sites for hydroxylation is 3. The molecule has 9 aromatic rings. The summed E-state index contributed by atoms with van der Waals surface area (Å²) in [5.41, 5.74) is 7.69. The normalized spacial score (nSPS) is 14.5. The van der Waals surface area contributed by atoms with Crippen molar-refractivity contribution in [2.24, 2.45) is 26.9 Å². The highest BCUT2D eigenvalue weighted by Crippen LogP contribution is 2.34. The van der Waals surface area contributed by atoms with E-state index in [9.17, 15) is 45.5 Å². The molecule has 0 aliphatic carbocycles. The first kappa shape index (κ1) is 72.4. The highest BCUT2D eigenvalue weighted by Gasteiger charge is 2.33. The minimum Gasteiger partial charge on any atom is -0.390 e. The van der Waals surface area contributed by atoms with Gasteiger partial charge in [-0.1, -0.05) is 54.6 Å². The number of hydrogen-bond acceptors (Lipinski definition) is 19. The average Bonchev–Trinajstić information content (AvgIpc) is 0.796. The highest BCUT2D eigenvalue weighted by molar-refractivity contribution is 9.10. The van der Waals surface area contributed by atoms with Gasteiger partial charge < -0.3 is 56.4 Å². The summed E-state index contributed by atoms with van der Waals surface area (Å²) in [6.07, 6.45) is 3.97. The number of H-pyrrole nitrogens is 1. The third kappa shape index (κ3) is 18.0. The molecule has 6 aromatic heterocycles. The second kappa shape index (κ2) is 32.2. The number of aliphatic hydroxyl groups is 3. The molecule has 8 heterocycles. The summed E-state index contributed by atoms with van der Waals surface area (Å²) in [6, 6.07) is 21.4. The first-order valence-corrected chi connectivity index (χ1v) is 30.5. The van der Waals surface area contributed by atoms with E-state index < -0.39 is 37.6 Å². The van der Waals surface area contributed by atoms with E-state index in [0.717, 1.165) is 26.3 Å². The molecule has 11 rings (SSSR count). The predicted molar refractivity (Wildman–Crippen MR) is 348 cm³/mol. The standard InChI is InChI=1S/C22H25F2N5O3.C18H17BrF2N4O2.C10H13F2NO.C8H6BrN3O2.C4H9NO/c1-14(15-4-3-5-16(10-15)22(23,24)12-30)27-19-17-11-18(29-6-8-32-9-7-29)21(31)28(2)20(17)26-13-25-19;1-10(11-4-3-5-12(6-11)18(20,21)8-26)24-15-13-7-14(19)17(27)25(2)16(13)23-9-22-15;1-7(13)8-3-2-4-9(5-8)10(11,12)6-14;1-12-6-4(2-5(9)8(12)14)7(13)11-3-10-6;1-3-6-4-2-5-1/h3-5,10-11,13-14,30H,6-9,12H2,1-2H3,(H,25,26,27);3-7,9-10,26H,8H2,1-2H3,(H,22,23,24);2-5,7,14H,6,13H2,1H3;2-3H,1H3,(H,10,11,13);5H,1-4H2/t14-;10-;7-;;/m111../s1. The minimum atomic E-state index is -3.32. The Hall–Kier alpha value is -8.01.